The van der Waals surface area contributed by atoms with Crippen LogP contribution in [0.1, 0.15) is 33.5 Å². The summed E-state index contributed by atoms with van der Waals surface area (Å²) in [6.45, 7) is 9.19. The van der Waals surface area contributed by atoms with Gasteiger partial charge in [-0.3, -0.25) is 0 Å². The SMILES string of the molecule is CCNc1nnc(Sc2ccnc(C(C)(C)C)n2)s1. The first-order chi connectivity index (χ1) is 8.99. The highest BCUT2D eigenvalue weighted by molar-refractivity contribution is 8.01. The second-order valence-corrected chi connectivity index (χ2v) is 7.22. The molecule has 0 radical (unpaired) electrons. The van der Waals surface area contributed by atoms with E-state index in [0.717, 1.165) is 26.9 Å². The Kier molecular flexibility index (Phi) is 4.36. The van der Waals surface area contributed by atoms with Crippen LogP contribution in [0.2, 0.25) is 0 Å². The molecule has 0 unspecified atom stereocenters. The van der Waals surface area contributed by atoms with Gasteiger partial charge < -0.3 is 5.32 Å². The van der Waals surface area contributed by atoms with Gasteiger partial charge in [-0.1, -0.05) is 32.1 Å². The minimum absolute atomic E-state index is 0.0490. The Morgan fingerprint density at radius 2 is 2.11 bits per heavy atom. The van der Waals surface area contributed by atoms with Crippen LogP contribution in [0.25, 0.3) is 0 Å². The van der Waals surface area contributed by atoms with Gasteiger partial charge in [0.25, 0.3) is 0 Å². The lowest BCUT2D eigenvalue weighted by Gasteiger charge is -2.16. The van der Waals surface area contributed by atoms with Crippen molar-refractivity contribution < 1.29 is 0 Å². The number of rotatable bonds is 4. The molecule has 7 heteroatoms. The van der Waals surface area contributed by atoms with Gasteiger partial charge in [-0.15, -0.1) is 10.2 Å². The first kappa shape index (κ1) is 14.2. The molecule has 19 heavy (non-hydrogen) atoms. The molecule has 2 aromatic rings. The van der Waals surface area contributed by atoms with Crippen LogP contribution in [-0.2, 0) is 5.41 Å². The number of aromatic nitrogens is 4. The molecule has 102 valence electrons. The van der Waals surface area contributed by atoms with E-state index in [1.54, 1.807) is 6.20 Å². The zero-order valence-corrected chi connectivity index (χ0v) is 13.1. The van der Waals surface area contributed by atoms with Crippen LogP contribution in [0, 0.1) is 0 Å². The Morgan fingerprint density at radius 3 is 2.79 bits per heavy atom. The summed E-state index contributed by atoms with van der Waals surface area (Å²) in [7, 11) is 0. The fourth-order valence-electron chi connectivity index (χ4n) is 1.32. The number of hydrogen-bond acceptors (Lipinski definition) is 7. The number of nitrogens with zero attached hydrogens (tertiary/aromatic N) is 4. The van der Waals surface area contributed by atoms with E-state index in [-0.39, 0.29) is 5.41 Å². The van der Waals surface area contributed by atoms with Gasteiger partial charge in [0.2, 0.25) is 5.13 Å². The van der Waals surface area contributed by atoms with Crippen molar-refractivity contribution in [3.63, 3.8) is 0 Å². The van der Waals surface area contributed by atoms with Crippen molar-refractivity contribution >= 4 is 28.2 Å². The minimum Gasteiger partial charge on any atom is -0.360 e. The molecule has 2 rings (SSSR count). The van der Waals surface area contributed by atoms with Gasteiger partial charge in [-0.05, 0) is 24.8 Å². The molecule has 0 saturated heterocycles. The summed E-state index contributed by atoms with van der Waals surface area (Å²) in [5.74, 6) is 0.842. The Hall–Kier alpha value is -1.21. The molecule has 2 heterocycles. The highest BCUT2D eigenvalue weighted by atomic mass is 32.2. The molecule has 0 aliphatic carbocycles. The predicted molar refractivity (Wildman–Crippen MR) is 78.9 cm³/mol. The highest BCUT2D eigenvalue weighted by Gasteiger charge is 2.18. The van der Waals surface area contributed by atoms with Crippen LogP contribution in [0.4, 0.5) is 5.13 Å². The molecule has 0 bridgehead atoms. The first-order valence-electron chi connectivity index (χ1n) is 6.08. The molecule has 0 aromatic carbocycles. The van der Waals surface area contributed by atoms with Crippen LogP contribution in [0.5, 0.6) is 0 Å². The second-order valence-electron chi connectivity index (χ2n) is 4.97. The summed E-state index contributed by atoms with van der Waals surface area (Å²) in [4.78, 5) is 8.88. The van der Waals surface area contributed by atoms with Crippen molar-refractivity contribution in [1.82, 2.24) is 20.2 Å². The molecule has 2 aromatic heterocycles. The lowest BCUT2D eigenvalue weighted by Crippen LogP contribution is -2.15. The molecule has 1 N–H and O–H groups in total. The summed E-state index contributed by atoms with van der Waals surface area (Å²) >= 11 is 3.05. The number of nitrogens with one attached hydrogen (secondary N) is 1. The molecule has 0 amide bonds. The smallest absolute Gasteiger partial charge is 0.206 e. The van der Waals surface area contributed by atoms with Crippen molar-refractivity contribution in [2.45, 2.75) is 42.5 Å². The first-order valence-corrected chi connectivity index (χ1v) is 7.71. The molecular weight excluding hydrogens is 278 g/mol. The summed E-state index contributed by atoms with van der Waals surface area (Å²) < 4.78 is 0.884. The predicted octanol–water partition coefficient (Wildman–Crippen LogP) is 3.21. The Bertz CT molecular complexity index is 547. The number of hydrogen-bond donors (Lipinski definition) is 1. The highest BCUT2D eigenvalue weighted by Crippen LogP contribution is 2.31. The van der Waals surface area contributed by atoms with E-state index >= 15 is 0 Å². The standard InChI is InChI=1S/C12H17N5S2/c1-5-13-10-16-17-11(19-10)18-8-6-7-14-9(15-8)12(2,3)4/h6-7H,5H2,1-4H3,(H,13,16). The van der Waals surface area contributed by atoms with Gasteiger partial charge in [0.05, 0.1) is 0 Å². The molecule has 0 aliphatic heterocycles. The van der Waals surface area contributed by atoms with Crippen LogP contribution in [-0.4, -0.2) is 26.7 Å². The maximum Gasteiger partial charge on any atom is 0.206 e. The normalized spacial score (nSPS) is 11.6. The fourth-order valence-corrected chi connectivity index (χ4v) is 3.05. The minimum atomic E-state index is -0.0490. The van der Waals surface area contributed by atoms with Gasteiger partial charge in [-0.25, -0.2) is 9.97 Å². The van der Waals surface area contributed by atoms with E-state index in [9.17, 15) is 0 Å². The van der Waals surface area contributed by atoms with Crippen molar-refractivity contribution in [2.75, 3.05) is 11.9 Å². The third-order valence-electron chi connectivity index (χ3n) is 2.23. The van der Waals surface area contributed by atoms with Gasteiger partial charge in [0, 0.05) is 18.2 Å². The van der Waals surface area contributed by atoms with E-state index in [1.807, 2.05) is 13.0 Å². The Balaban J connectivity index is 2.14. The third-order valence-corrected chi connectivity index (χ3v) is 4.10. The van der Waals surface area contributed by atoms with Crippen LogP contribution < -0.4 is 5.32 Å². The van der Waals surface area contributed by atoms with Crippen molar-refractivity contribution in [2.24, 2.45) is 0 Å². The monoisotopic (exact) mass is 295 g/mol. The molecule has 0 spiro atoms. The Morgan fingerprint density at radius 1 is 1.32 bits per heavy atom. The van der Waals surface area contributed by atoms with Gasteiger partial charge >= 0.3 is 0 Å². The third kappa shape index (κ3) is 3.87. The van der Waals surface area contributed by atoms with E-state index in [0.29, 0.717) is 0 Å². The summed E-state index contributed by atoms with van der Waals surface area (Å²) in [5.41, 5.74) is -0.0490. The van der Waals surface area contributed by atoms with E-state index < -0.39 is 0 Å². The Labute approximate surface area is 121 Å². The topological polar surface area (TPSA) is 63.6 Å². The fraction of sp³-hybridized carbons (Fsp3) is 0.500. The summed E-state index contributed by atoms with van der Waals surface area (Å²) in [6.07, 6.45) is 1.79. The molecule has 0 fully saturated rings. The molecule has 0 saturated carbocycles. The maximum atomic E-state index is 4.56. The molecule has 5 nitrogen and oxygen atoms in total. The lowest BCUT2D eigenvalue weighted by atomic mass is 9.96. The van der Waals surface area contributed by atoms with E-state index in [1.165, 1.54) is 23.1 Å². The average Bonchev–Trinajstić information content (AvgIpc) is 2.76. The summed E-state index contributed by atoms with van der Waals surface area (Å²) in [5, 5.41) is 13.1. The van der Waals surface area contributed by atoms with Gasteiger partial charge in [0.15, 0.2) is 4.34 Å². The van der Waals surface area contributed by atoms with E-state index in [4.69, 9.17) is 0 Å². The molecule has 0 aliphatic rings. The maximum absolute atomic E-state index is 4.56. The van der Waals surface area contributed by atoms with Crippen LogP contribution in [0.15, 0.2) is 21.6 Å². The van der Waals surface area contributed by atoms with Gasteiger partial charge in [0.1, 0.15) is 10.9 Å². The van der Waals surface area contributed by atoms with Crippen molar-refractivity contribution in [3.8, 4) is 0 Å². The molecular formula is C12H17N5S2. The van der Waals surface area contributed by atoms with Crippen molar-refractivity contribution in [3.05, 3.63) is 18.1 Å². The van der Waals surface area contributed by atoms with Crippen LogP contribution in [0.3, 0.4) is 0 Å². The average molecular weight is 295 g/mol. The second kappa shape index (κ2) is 5.83. The lowest BCUT2D eigenvalue weighted by molar-refractivity contribution is 0.538. The van der Waals surface area contributed by atoms with Gasteiger partial charge in [-0.2, -0.15) is 0 Å². The van der Waals surface area contributed by atoms with E-state index in [2.05, 4.69) is 46.3 Å². The van der Waals surface area contributed by atoms with Crippen molar-refractivity contribution in [1.29, 1.82) is 0 Å². The van der Waals surface area contributed by atoms with Crippen LogP contribution >= 0.6 is 23.1 Å². The zero-order valence-electron chi connectivity index (χ0n) is 11.5. The zero-order chi connectivity index (χ0) is 13.9. The largest absolute Gasteiger partial charge is 0.360 e. The summed E-state index contributed by atoms with van der Waals surface area (Å²) in [6, 6.07) is 1.90. The number of anilines is 1. The quantitative estimate of drug-likeness (QED) is 0.874. The molecule has 0 atom stereocenters.